The molecule has 6 unspecified atom stereocenters. The van der Waals surface area contributed by atoms with Crippen molar-refractivity contribution >= 4 is 17.9 Å². The van der Waals surface area contributed by atoms with Gasteiger partial charge in [-0.1, -0.05) is 34.1 Å². The van der Waals surface area contributed by atoms with E-state index in [1.807, 2.05) is 27.7 Å². The molecule has 10 atom stereocenters. The summed E-state index contributed by atoms with van der Waals surface area (Å²) in [6, 6.07) is 0. The van der Waals surface area contributed by atoms with Crippen LogP contribution in [0.5, 0.6) is 0 Å². The van der Waals surface area contributed by atoms with Crippen molar-refractivity contribution in [2.24, 2.45) is 22.2 Å². The molecule has 10 nitrogen and oxygen atoms in total. The topological polar surface area (TPSA) is 138 Å². The van der Waals surface area contributed by atoms with E-state index in [-0.39, 0.29) is 17.8 Å². The van der Waals surface area contributed by atoms with Crippen molar-refractivity contribution in [1.82, 2.24) is 0 Å². The third kappa shape index (κ3) is 1.94. The molecule has 0 radical (unpaired) electrons. The Labute approximate surface area is 196 Å². The number of hydrogen-bond donors (Lipinski definition) is 2. The van der Waals surface area contributed by atoms with Gasteiger partial charge < -0.3 is 33.9 Å². The standard InChI is InChI=1S/C24H30O10/c1-6-7-8-30-16-18(28)33-20-22(16)13(21(3,4)5)11(25)15-23(22)14(26)12-10(9(2)17(27)31-12)24(23,34-20)19(29)32-15/h11-16,20,25-26H,6-8H2,1-5H3/t11-,12?,13+,14+,15?,16+,20?,22?,23?,24?/m1/s1. The van der Waals surface area contributed by atoms with Gasteiger partial charge >= 0.3 is 17.9 Å². The third-order valence-corrected chi connectivity index (χ3v) is 9.06. The number of carbonyl (C=O) groups is 3. The highest BCUT2D eigenvalue weighted by atomic mass is 16.8. The first kappa shape index (κ1) is 22.5. The normalized spacial score (nSPS) is 50.2. The maximum Gasteiger partial charge on any atom is 0.344 e. The molecule has 34 heavy (non-hydrogen) atoms. The molecule has 2 N–H and O–H groups in total. The maximum atomic E-state index is 13.6. The number of rotatable bonds is 4. The summed E-state index contributed by atoms with van der Waals surface area (Å²) < 4.78 is 29.6. The molecule has 4 heterocycles. The molecule has 2 saturated carbocycles. The number of aliphatic hydroxyl groups excluding tert-OH is 2. The molecule has 0 amide bonds. The predicted molar refractivity (Wildman–Crippen MR) is 111 cm³/mol. The lowest BCUT2D eigenvalue weighted by Crippen LogP contribution is -2.63. The molecule has 2 aliphatic carbocycles. The van der Waals surface area contributed by atoms with Gasteiger partial charge in [0.1, 0.15) is 12.2 Å². The Morgan fingerprint density at radius 3 is 2.44 bits per heavy atom. The first-order valence-electron chi connectivity index (χ1n) is 11.9. The van der Waals surface area contributed by atoms with Crippen molar-refractivity contribution in [2.75, 3.05) is 6.61 Å². The highest BCUT2D eigenvalue weighted by Crippen LogP contribution is 2.83. The Hall–Kier alpha value is -2.01. The van der Waals surface area contributed by atoms with Gasteiger partial charge in [0.25, 0.3) is 0 Å². The summed E-state index contributed by atoms with van der Waals surface area (Å²) in [5.74, 6) is -2.87. The van der Waals surface area contributed by atoms with Gasteiger partial charge in [-0.25, -0.2) is 14.4 Å². The van der Waals surface area contributed by atoms with Crippen LogP contribution in [0.15, 0.2) is 11.1 Å². The Balaban J connectivity index is 1.68. The predicted octanol–water partition coefficient (Wildman–Crippen LogP) is 0.375. The van der Waals surface area contributed by atoms with Gasteiger partial charge in [0.05, 0.1) is 16.9 Å². The number of carbonyl (C=O) groups excluding carboxylic acids is 3. The number of aliphatic hydroxyl groups is 2. The van der Waals surface area contributed by atoms with E-state index >= 15 is 0 Å². The molecule has 2 spiro atoms. The molecule has 0 aromatic carbocycles. The monoisotopic (exact) mass is 478 g/mol. The smallest absolute Gasteiger partial charge is 0.344 e. The van der Waals surface area contributed by atoms with Crippen LogP contribution in [0.2, 0.25) is 0 Å². The molecular formula is C24H30O10. The Morgan fingerprint density at radius 1 is 1.09 bits per heavy atom. The minimum atomic E-state index is -1.93. The molecule has 186 valence electrons. The zero-order valence-electron chi connectivity index (χ0n) is 19.8. The zero-order chi connectivity index (χ0) is 24.6. The number of fused-ring (bicyclic) bond motifs is 1. The molecule has 0 aromatic rings. The molecule has 3 saturated heterocycles. The van der Waals surface area contributed by atoms with Gasteiger partial charge in [-0.2, -0.15) is 0 Å². The van der Waals surface area contributed by atoms with Crippen molar-refractivity contribution in [2.45, 2.75) is 89.9 Å². The summed E-state index contributed by atoms with van der Waals surface area (Å²) in [5.41, 5.74) is -5.34. The number of esters is 3. The number of ether oxygens (including phenoxy) is 5. The van der Waals surface area contributed by atoms with Gasteiger partial charge in [-0.05, 0) is 18.8 Å². The molecule has 10 heteroatoms. The van der Waals surface area contributed by atoms with Crippen LogP contribution in [-0.2, 0) is 38.1 Å². The molecule has 6 aliphatic rings. The molecule has 6 rings (SSSR count). The molecule has 0 aromatic heterocycles. The van der Waals surface area contributed by atoms with E-state index in [4.69, 9.17) is 23.7 Å². The van der Waals surface area contributed by atoms with Crippen LogP contribution in [0.1, 0.15) is 47.5 Å². The van der Waals surface area contributed by atoms with Gasteiger partial charge in [-0.3, -0.25) is 0 Å². The van der Waals surface area contributed by atoms with Crippen LogP contribution in [0.25, 0.3) is 0 Å². The number of unbranched alkanes of at least 4 members (excludes halogenated alkanes) is 1. The third-order valence-electron chi connectivity index (χ3n) is 9.06. The van der Waals surface area contributed by atoms with E-state index in [0.717, 1.165) is 6.42 Å². The minimum Gasteiger partial charge on any atom is -0.456 e. The van der Waals surface area contributed by atoms with Gasteiger partial charge in [-0.15, -0.1) is 0 Å². The van der Waals surface area contributed by atoms with Crippen LogP contribution in [0.4, 0.5) is 0 Å². The fourth-order valence-corrected chi connectivity index (χ4v) is 8.32. The summed E-state index contributed by atoms with van der Waals surface area (Å²) in [7, 11) is 0. The van der Waals surface area contributed by atoms with Crippen LogP contribution in [0.3, 0.4) is 0 Å². The molecule has 5 fully saturated rings. The van der Waals surface area contributed by atoms with Crippen molar-refractivity contribution in [1.29, 1.82) is 0 Å². The lowest BCUT2D eigenvalue weighted by Gasteiger charge is -2.48. The minimum absolute atomic E-state index is 0.150. The summed E-state index contributed by atoms with van der Waals surface area (Å²) in [6.07, 6.45) is -6.08. The fraction of sp³-hybridized carbons (Fsp3) is 0.792. The highest BCUT2D eigenvalue weighted by Gasteiger charge is 3.01. The van der Waals surface area contributed by atoms with E-state index in [1.54, 1.807) is 0 Å². The molecule has 0 bridgehead atoms. The van der Waals surface area contributed by atoms with Gasteiger partial charge in [0, 0.05) is 23.7 Å². The van der Waals surface area contributed by atoms with Crippen molar-refractivity contribution in [3.63, 3.8) is 0 Å². The summed E-state index contributed by atoms with van der Waals surface area (Å²) in [6.45, 7) is 9.47. The second-order valence-electron chi connectivity index (χ2n) is 11.4. The van der Waals surface area contributed by atoms with Crippen LogP contribution >= 0.6 is 0 Å². The lowest BCUT2D eigenvalue weighted by atomic mass is 9.51. The van der Waals surface area contributed by atoms with Gasteiger partial charge in [0.15, 0.2) is 12.2 Å². The largest absolute Gasteiger partial charge is 0.456 e. The Bertz CT molecular complexity index is 1040. The lowest BCUT2D eigenvalue weighted by molar-refractivity contribution is -0.195. The Morgan fingerprint density at radius 2 is 1.79 bits per heavy atom. The second-order valence-corrected chi connectivity index (χ2v) is 11.4. The van der Waals surface area contributed by atoms with Crippen LogP contribution in [-0.4, -0.2) is 77.1 Å². The SMILES string of the molecule is CCCCO[C@H]1C(=O)OC2OC34C(=O)OC5[C@H](O)[C@@H](C(C)(C)C)C21C53[C@@H](O)C1OC(=O)C(C)=C14. The van der Waals surface area contributed by atoms with E-state index in [1.165, 1.54) is 6.92 Å². The maximum absolute atomic E-state index is 13.6. The highest BCUT2D eigenvalue weighted by molar-refractivity contribution is 6.00. The van der Waals surface area contributed by atoms with Crippen LogP contribution in [0, 0.1) is 22.2 Å². The van der Waals surface area contributed by atoms with E-state index in [9.17, 15) is 24.6 Å². The first-order valence-corrected chi connectivity index (χ1v) is 11.9. The summed E-state index contributed by atoms with van der Waals surface area (Å²) >= 11 is 0. The first-order chi connectivity index (χ1) is 15.9. The average Bonchev–Trinajstić information content (AvgIpc) is 3.45. The van der Waals surface area contributed by atoms with Crippen molar-refractivity contribution < 1.29 is 48.3 Å². The second kappa shape index (κ2) is 6.40. The quantitative estimate of drug-likeness (QED) is 0.331. The summed E-state index contributed by atoms with van der Waals surface area (Å²) in [4.78, 5) is 39.3. The van der Waals surface area contributed by atoms with Gasteiger partial charge in [0.2, 0.25) is 11.9 Å². The fourth-order valence-electron chi connectivity index (χ4n) is 8.32. The zero-order valence-corrected chi connectivity index (χ0v) is 19.8. The molecular weight excluding hydrogens is 448 g/mol. The van der Waals surface area contributed by atoms with Crippen molar-refractivity contribution in [3.8, 4) is 0 Å². The summed E-state index contributed by atoms with van der Waals surface area (Å²) in [5, 5.41) is 23.6. The molecule has 4 aliphatic heterocycles. The Kier molecular flexibility index (Phi) is 4.23. The van der Waals surface area contributed by atoms with E-state index in [2.05, 4.69) is 0 Å². The van der Waals surface area contributed by atoms with E-state index in [0.29, 0.717) is 6.42 Å². The number of hydrogen-bond acceptors (Lipinski definition) is 10. The van der Waals surface area contributed by atoms with Crippen LogP contribution < -0.4 is 0 Å². The van der Waals surface area contributed by atoms with Crippen molar-refractivity contribution in [3.05, 3.63) is 11.1 Å². The van der Waals surface area contributed by atoms with E-state index < -0.39 is 82.5 Å². The average molecular weight is 478 g/mol.